The molecule has 10 heteroatoms. The van der Waals surface area contributed by atoms with Crippen molar-refractivity contribution in [2.45, 2.75) is 13.3 Å². The average molecular weight is 539 g/mol. The molecule has 0 radical (unpaired) electrons. The van der Waals surface area contributed by atoms with E-state index in [-0.39, 0.29) is 39.3 Å². The van der Waals surface area contributed by atoms with Crippen molar-refractivity contribution in [1.29, 1.82) is 0 Å². The smallest absolute Gasteiger partial charge is 0.259 e. The molecule has 0 spiro atoms. The fourth-order valence-electron chi connectivity index (χ4n) is 4.03. The van der Waals surface area contributed by atoms with Crippen LogP contribution >= 0.6 is 23.2 Å². The SMILES string of the molecule is C=CC(=O)Cc1cccc(C)c1Nc1ncc2cc(-c3c(Cl)c(OC)cc(OC)c3Cl)c(=O)n(C)c2n1. The number of hydrogen-bond acceptors (Lipinski definition) is 7. The highest BCUT2D eigenvalue weighted by atomic mass is 35.5. The molecular weight excluding hydrogens is 515 g/mol. The second kappa shape index (κ2) is 10.6. The fourth-order valence-corrected chi connectivity index (χ4v) is 4.74. The van der Waals surface area contributed by atoms with Gasteiger partial charge in [0.05, 0.1) is 29.8 Å². The molecule has 2 heterocycles. The van der Waals surface area contributed by atoms with Crippen LogP contribution in [-0.2, 0) is 18.3 Å². The van der Waals surface area contributed by atoms with Crippen LogP contribution in [0.3, 0.4) is 0 Å². The van der Waals surface area contributed by atoms with Crippen molar-refractivity contribution in [2.24, 2.45) is 7.05 Å². The number of hydrogen-bond donors (Lipinski definition) is 1. The number of methoxy groups -OCH3 is 2. The molecule has 0 saturated carbocycles. The Morgan fingerprint density at radius 3 is 2.46 bits per heavy atom. The number of pyridine rings is 1. The normalized spacial score (nSPS) is 10.9. The van der Waals surface area contributed by atoms with Crippen LogP contribution in [0.1, 0.15) is 11.1 Å². The molecule has 37 heavy (non-hydrogen) atoms. The maximum Gasteiger partial charge on any atom is 0.259 e. The largest absolute Gasteiger partial charge is 0.495 e. The molecule has 2 aromatic heterocycles. The first-order valence-corrected chi connectivity index (χ1v) is 11.9. The summed E-state index contributed by atoms with van der Waals surface area (Å²) in [6.07, 6.45) is 3.08. The van der Waals surface area contributed by atoms with E-state index in [1.807, 2.05) is 25.1 Å². The number of aromatic nitrogens is 3. The topological polar surface area (TPSA) is 95.3 Å². The first-order chi connectivity index (χ1) is 17.7. The number of fused-ring (bicyclic) bond motifs is 1. The van der Waals surface area contributed by atoms with E-state index in [2.05, 4.69) is 21.9 Å². The van der Waals surface area contributed by atoms with Gasteiger partial charge in [0.25, 0.3) is 5.56 Å². The van der Waals surface area contributed by atoms with Gasteiger partial charge >= 0.3 is 0 Å². The molecule has 8 nitrogen and oxygen atoms in total. The number of nitrogens with one attached hydrogen (secondary N) is 1. The van der Waals surface area contributed by atoms with E-state index in [4.69, 9.17) is 32.7 Å². The number of carbonyl (C=O) groups excluding carboxylic acids is 1. The van der Waals surface area contributed by atoms with Crippen LogP contribution in [0, 0.1) is 6.92 Å². The van der Waals surface area contributed by atoms with Gasteiger partial charge in [0.15, 0.2) is 5.78 Å². The third-order valence-electron chi connectivity index (χ3n) is 5.98. The maximum atomic E-state index is 13.5. The van der Waals surface area contributed by atoms with Crippen molar-refractivity contribution in [1.82, 2.24) is 14.5 Å². The lowest BCUT2D eigenvalue weighted by Crippen LogP contribution is -2.20. The van der Waals surface area contributed by atoms with Crippen molar-refractivity contribution >= 4 is 51.7 Å². The molecule has 1 N–H and O–H groups in total. The molecule has 4 rings (SSSR count). The van der Waals surface area contributed by atoms with Gasteiger partial charge in [-0.3, -0.25) is 14.2 Å². The average Bonchev–Trinajstić information content (AvgIpc) is 2.89. The van der Waals surface area contributed by atoms with E-state index in [1.54, 1.807) is 25.4 Å². The summed E-state index contributed by atoms with van der Waals surface area (Å²) in [4.78, 5) is 34.5. The molecule has 0 fully saturated rings. The Bertz CT molecular complexity index is 1590. The van der Waals surface area contributed by atoms with Crippen LogP contribution in [0.2, 0.25) is 10.0 Å². The molecular formula is C27H24Cl2N4O4. The van der Waals surface area contributed by atoms with E-state index >= 15 is 0 Å². The Hall–Kier alpha value is -3.88. The van der Waals surface area contributed by atoms with Crippen LogP contribution in [0.4, 0.5) is 11.6 Å². The Morgan fingerprint density at radius 2 is 1.84 bits per heavy atom. The Kier molecular flexibility index (Phi) is 7.52. The quantitative estimate of drug-likeness (QED) is 0.289. The van der Waals surface area contributed by atoms with Crippen molar-refractivity contribution in [2.75, 3.05) is 19.5 Å². The zero-order valence-electron chi connectivity index (χ0n) is 20.7. The molecule has 190 valence electrons. The molecule has 0 aliphatic carbocycles. The fraction of sp³-hybridized carbons (Fsp3) is 0.185. The number of ether oxygens (including phenoxy) is 2. The number of ketones is 1. The molecule has 0 unspecified atom stereocenters. The Labute approximate surface area is 223 Å². The van der Waals surface area contributed by atoms with Crippen molar-refractivity contribution in [3.05, 3.63) is 80.7 Å². The van der Waals surface area contributed by atoms with Gasteiger partial charge < -0.3 is 14.8 Å². The lowest BCUT2D eigenvalue weighted by molar-refractivity contribution is -0.114. The molecule has 0 aliphatic heterocycles. The van der Waals surface area contributed by atoms with E-state index in [0.717, 1.165) is 16.8 Å². The van der Waals surface area contributed by atoms with Crippen LogP contribution in [0.15, 0.2) is 54.0 Å². The second-order valence-electron chi connectivity index (χ2n) is 8.26. The molecule has 0 atom stereocenters. The van der Waals surface area contributed by atoms with E-state index in [9.17, 15) is 9.59 Å². The first kappa shape index (κ1) is 26.2. The van der Waals surface area contributed by atoms with Crippen LogP contribution in [0.25, 0.3) is 22.2 Å². The Balaban J connectivity index is 1.84. The highest BCUT2D eigenvalue weighted by Crippen LogP contribution is 2.45. The number of halogens is 2. The minimum absolute atomic E-state index is 0.102. The van der Waals surface area contributed by atoms with Gasteiger partial charge in [-0.25, -0.2) is 4.98 Å². The lowest BCUT2D eigenvalue weighted by Gasteiger charge is -2.16. The number of para-hydroxylation sites is 1. The van der Waals surface area contributed by atoms with Crippen LogP contribution in [0.5, 0.6) is 11.5 Å². The molecule has 4 aromatic rings. The number of aryl methyl sites for hydroxylation is 2. The van der Waals surface area contributed by atoms with Gasteiger partial charge in [-0.15, -0.1) is 0 Å². The predicted molar refractivity (Wildman–Crippen MR) is 147 cm³/mol. The first-order valence-electron chi connectivity index (χ1n) is 11.2. The van der Waals surface area contributed by atoms with E-state index in [1.165, 1.54) is 24.9 Å². The van der Waals surface area contributed by atoms with E-state index in [0.29, 0.717) is 28.1 Å². The number of allylic oxidation sites excluding steroid dienone is 1. The number of carbonyl (C=O) groups is 1. The number of rotatable bonds is 8. The van der Waals surface area contributed by atoms with Gasteiger partial charge in [-0.2, -0.15) is 4.98 Å². The molecule has 0 saturated heterocycles. The van der Waals surface area contributed by atoms with Crippen molar-refractivity contribution in [3.8, 4) is 22.6 Å². The number of nitrogens with zero attached hydrogens (tertiary/aromatic N) is 3. The zero-order chi connectivity index (χ0) is 26.9. The lowest BCUT2D eigenvalue weighted by atomic mass is 10.0. The predicted octanol–water partition coefficient (Wildman–Crippen LogP) is 5.67. The second-order valence-corrected chi connectivity index (χ2v) is 9.02. The summed E-state index contributed by atoms with van der Waals surface area (Å²) >= 11 is 13.1. The monoisotopic (exact) mass is 538 g/mol. The highest BCUT2D eigenvalue weighted by molar-refractivity contribution is 6.41. The van der Waals surface area contributed by atoms with Crippen molar-refractivity contribution < 1.29 is 14.3 Å². The summed E-state index contributed by atoms with van der Waals surface area (Å²) in [6.45, 7) is 5.47. The third-order valence-corrected chi connectivity index (χ3v) is 6.73. The number of anilines is 2. The van der Waals surface area contributed by atoms with E-state index < -0.39 is 0 Å². The third kappa shape index (κ3) is 4.90. The molecule has 0 bridgehead atoms. The summed E-state index contributed by atoms with van der Waals surface area (Å²) in [5.74, 6) is 0.810. The van der Waals surface area contributed by atoms with Crippen LogP contribution < -0.4 is 20.3 Å². The van der Waals surface area contributed by atoms with Crippen molar-refractivity contribution in [3.63, 3.8) is 0 Å². The summed E-state index contributed by atoms with van der Waals surface area (Å²) in [6, 6.07) is 8.85. The van der Waals surface area contributed by atoms with Gasteiger partial charge in [0, 0.05) is 42.4 Å². The minimum Gasteiger partial charge on any atom is -0.495 e. The molecule has 0 amide bonds. The van der Waals surface area contributed by atoms with Gasteiger partial charge in [0.2, 0.25) is 5.95 Å². The summed E-state index contributed by atoms with van der Waals surface area (Å²) < 4.78 is 12.1. The zero-order valence-corrected chi connectivity index (χ0v) is 22.2. The van der Waals surface area contributed by atoms with Crippen LogP contribution in [-0.4, -0.2) is 34.5 Å². The summed E-state index contributed by atoms with van der Waals surface area (Å²) in [5, 5.41) is 4.16. The number of benzene rings is 2. The van der Waals surface area contributed by atoms with Gasteiger partial charge in [-0.05, 0) is 30.2 Å². The summed E-state index contributed by atoms with van der Waals surface area (Å²) in [7, 11) is 4.53. The standard InChI is InChI=1S/C27H24Cl2N4O4/c1-6-17(34)10-15-9-7-8-14(2)24(15)31-27-30-13-16-11-18(26(35)33(3)25(16)32-27)21-22(28)19(36-4)12-20(37-5)23(21)29/h6-9,11-13H,1,10H2,2-5H3,(H,30,31,32). The van der Waals surface area contributed by atoms with Gasteiger partial charge in [0.1, 0.15) is 17.1 Å². The molecule has 0 aliphatic rings. The van der Waals surface area contributed by atoms with Gasteiger partial charge in [-0.1, -0.05) is 48.0 Å². The minimum atomic E-state index is -0.371. The maximum absolute atomic E-state index is 13.5. The Morgan fingerprint density at radius 1 is 1.16 bits per heavy atom. The summed E-state index contributed by atoms with van der Waals surface area (Å²) in [5.41, 5.74) is 2.99. The molecule has 2 aromatic carbocycles. The highest BCUT2D eigenvalue weighted by Gasteiger charge is 2.22.